The molecule has 0 fully saturated rings. The number of imidazole rings is 3. The van der Waals surface area contributed by atoms with Gasteiger partial charge in [0.15, 0.2) is 15.5 Å². The maximum Gasteiger partial charge on any atom is 0.156 e. The highest BCUT2D eigenvalue weighted by Crippen LogP contribution is 2.19. The third kappa shape index (κ3) is 6.78. The van der Waals surface area contributed by atoms with Gasteiger partial charge in [-0.05, 0) is 23.1 Å². The molecule has 6 aromatic rings. The van der Waals surface area contributed by atoms with Crippen LogP contribution in [0.3, 0.4) is 0 Å². The number of aryl methyl sites for hydroxylation is 2. The van der Waals surface area contributed by atoms with Crippen LogP contribution >= 0.6 is 57.4 Å². The van der Waals surface area contributed by atoms with E-state index >= 15 is 0 Å². The van der Waals surface area contributed by atoms with Crippen LogP contribution in [0.15, 0.2) is 55.8 Å². The molecule has 0 saturated heterocycles. The quantitative estimate of drug-likeness (QED) is 0.111. The molecule has 0 unspecified atom stereocenters. The standard InChI is InChI=1S/2C7H6ClN3.C6H4ClN3.CH3I.CH4.H2/c1-11-4-10-6-5(11)2-3-9-7(6)8;1-11-4-10-5-2-3-9-7(8)6(5)11;7-6-5-4(1-2-8-6)9-3-10-5;1-2;;/h2*2-4H,1H3;1-3H,(H,9,10);1H3;1H4;1H/i;;;;;1+1. The minimum absolute atomic E-state index is 0. The molecule has 0 aromatic carbocycles. The fourth-order valence-electron chi connectivity index (χ4n) is 2.92. The molecule has 6 rings (SSSR count). The van der Waals surface area contributed by atoms with E-state index in [1.807, 2.05) is 46.4 Å². The molecule has 0 atom stereocenters. The molecule has 35 heavy (non-hydrogen) atoms. The van der Waals surface area contributed by atoms with Gasteiger partial charge in [0.25, 0.3) is 0 Å². The number of pyridine rings is 3. The first-order valence-corrected chi connectivity index (χ1v) is 12.9. The molecule has 13 heteroatoms. The number of H-pyrrole nitrogens is 1. The average Bonchev–Trinajstić information content (AvgIpc) is 3.57. The lowest BCUT2D eigenvalue weighted by atomic mass is 10.4. The van der Waals surface area contributed by atoms with Crippen LogP contribution in [0.25, 0.3) is 33.1 Å². The Balaban J connectivity index is 0.000000254. The highest BCUT2D eigenvalue weighted by molar-refractivity contribution is 14.1. The molecule has 9 nitrogen and oxygen atoms in total. The highest BCUT2D eigenvalue weighted by Gasteiger charge is 2.04. The van der Waals surface area contributed by atoms with E-state index < -0.39 is 0 Å². The maximum atomic E-state index is 5.83. The molecule has 0 aliphatic rings. The van der Waals surface area contributed by atoms with Gasteiger partial charge in [0, 0.05) is 34.1 Å². The summed E-state index contributed by atoms with van der Waals surface area (Å²) in [6.45, 7) is 0. The van der Waals surface area contributed by atoms with Crippen molar-refractivity contribution in [1.29, 1.82) is 0 Å². The zero-order valence-electron chi connectivity index (χ0n) is 18.3. The zero-order valence-corrected chi connectivity index (χ0v) is 22.7. The number of halogens is 4. The largest absolute Gasteiger partial charge is 0.344 e. The van der Waals surface area contributed by atoms with Crippen LogP contribution in [0.1, 0.15) is 8.85 Å². The van der Waals surface area contributed by atoms with Crippen molar-refractivity contribution in [3.05, 3.63) is 71.2 Å². The maximum absolute atomic E-state index is 5.83. The molecular formula is C22H25Cl3IN9. The number of hydrogen-bond donors (Lipinski definition) is 1. The zero-order chi connectivity index (χ0) is 24.7. The summed E-state index contributed by atoms with van der Waals surface area (Å²) < 4.78 is 3.76. The Labute approximate surface area is 232 Å². The van der Waals surface area contributed by atoms with Crippen LogP contribution in [0.4, 0.5) is 0 Å². The molecule has 1 N–H and O–H groups in total. The summed E-state index contributed by atoms with van der Waals surface area (Å²) in [6, 6.07) is 5.55. The van der Waals surface area contributed by atoms with Gasteiger partial charge in [0.2, 0.25) is 0 Å². The second kappa shape index (κ2) is 13.5. The topological polar surface area (TPSA) is 103 Å². The smallest absolute Gasteiger partial charge is 0.156 e. The average molecular weight is 650 g/mol. The van der Waals surface area contributed by atoms with Crippen LogP contribution < -0.4 is 0 Å². The van der Waals surface area contributed by atoms with Gasteiger partial charge < -0.3 is 14.1 Å². The number of alkyl halides is 1. The van der Waals surface area contributed by atoms with Gasteiger partial charge in [-0.3, -0.25) is 0 Å². The molecule has 0 amide bonds. The summed E-state index contributed by atoms with van der Waals surface area (Å²) in [4.78, 5) is 28.8. The Morgan fingerprint density at radius 3 is 2.00 bits per heavy atom. The van der Waals surface area contributed by atoms with Gasteiger partial charge in [0.05, 0.1) is 35.5 Å². The summed E-state index contributed by atoms with van der Waals surface area (Å²) in [5, 5.41) is 1.41. The first-order chi connectivity index (χ1) is 16.5. The van der Waals surface area contributed by atoms with E-state index in [9.17, 15) is 0 Å². The van der Waals surface area contributed by atoms with Gasteiger partial charge in [-0.25, -0.2) is 29.9 Å². The molecule has 0 aliphatic heterocycles. The minimum atomic E-state index is 0. The van der Waals surface area contributed by atoms with Gasteiger partial charge in [-0.1, -0.05) is 64.8 Å². The Morgan fingerprint density at radius 1 is 0.743 bits per heavy atom. The van der Waals surface area contributed by atoms with Crippen molar-refractivity contribution < 1.29 is 1.43 Å². The lowest BCUT2D eigenvalue weighted by molar-refractivity contribution is 0.945. The molecule has 0 radical (unpaired) electrons. The van der Waals surface area contributed by atoms with Crippen LogP contribution in [-0.2, 0) is 14.1 Å². The van der Waals surface area contributed by atoms with E-state index in [1.54, 1.807) is 37.6 Å². The predicted octanol–water partition coefficient (Wildman–Crippen LogP) is 6.79. The number of hydrogen-bond acceptors (Lipinski definition) is 6. The normalized spacial score (nSPS) is 9.91. The third-order valence-corrected chi connectivity index (χ3v) is 5.30. The molecule has 0 aliphatic carbocycles. The number of aromatic nitrogens is 9. The molecule has 0 spiro atoms. The third-order valence-electron chi connectivity index (χ3n) is 4.47. The van der Waals surface area contributed by atoms with Crippen LogP contribution in [0.5, 0.6) is 0 Å². The van der Waals surface area contributed by atoms with Crippen molar-refractivity contribution in [2.24, 2.45) is 14.1 Å². The summed E-state index contributed by atoms with van der Waals surface area (Å²) in [5.41, 5.74) is 5.17. The monoisotopic (exact) mass is 648 g/mol. The lowest BCUT2D eigenvalue weighted by Crippen LogP contribution is -1.85. The molecule has 0 bridgehead atoms. The Hall–Kier alpha value is -2.54. The first kappa shape index (κ1) is 28.7. The van der Waals surface area contributed by atoms with E-state index in [0.717, 1.165) is 33.1 Å². The molecule has 6 aromatic heterocycles. The number of nitrogens with one attached hydrogen (secondary N) is 1. The van der Waals surface area contributed by atoms with Crippen molar-refractivity contribution in [2.75, 3.05) is 4.93 Å². The summed E-state index contributed by atoms with van der Waals surface area (Å²) >= 11 is 19.5. The second-order valence-electron chi connectivity index (χ2n) is 6.55. The fourth-order valence-corrected chi connectivity index (χ4v) is 3.62. The van der Waals surface area contributed by atoms with Crippen molar-refractivity contribution in [3.8, 4) is 0 Å². The van der Waals surface area contributed by atoms with Crippen molar-refractivity contribution >= 4 is 90.5 Å². The molecule has 0 saturated carbocycles. The van der Waals surface area contributed by atoms with E-state index in [2.05, 4.69) is 57.5 Å². The van der Waals surface area contributed by atoms with Crippen LogP contribution in [-0.4, -0.2) is 49.0 Å². The first-order valence-electron chi connectivity index (χ1n) is 9.60. The van der Waals surface area contributed by atoms with Gasteiger partial charge in [-0.2, -0.15) is 0 Å². The summed E-state index contributed by atoms with van der Waals surface area (Å²) in [7, 11) is 3.81. The number of rotatable bonds is 0. The van der Waals surface area contributed by atoms with Gasteiger partial charge in [0.1, 0.15) is 16.6 Å². The van der Waals surface area contributed by atoms with Crippen molar-refractivity contribution in [1.82, 2.24) is 44.0 Å². The lowest BCUT2D eigenvalue weighted by Gasteiger charge is -1.94. The Morgan fingerprint density at radius 2 is 1.34 bits per heavy atom. The van der Waals surface area contributed by atoms with E-state index in [0.29, 0.717) is 15.5 Å². The highest BCUT2D eigenvalue weighted by atomic mass is 127. The molecule has 6 heterocycles. The summed E-state index contributed by atoms with van der Waals surface area (Å²) in [6.07, 6.45) is 10.0. The number of aromatic amines is 1. The predicted molar refractivity (Wildman–Crippen MR) is 155 cm³/mol. The molecule has 186 valence electrons. The minimum Gasteiger partial charge on any atom is -0.344 e. The fraction of sp³-hybridized carbons (Fsp3) is 0.182. The number of nitrogens with zero attached hydrogens (tertiary/aromatic N) is 8. The van der Waals surface area contributed by atoms with Crippen molar-refractivity contribution in [2.45, 2.75) is 7.43 Å². The van der Waals surface area contributed by atoms with Gasteiger partial charge in [-0.15, -0.1) is 0 Å². The van der Waals surface area contributed by atoms with Gasteiger partial charge >= 0.3 is 0 Å². The van der Waals surface area contributed by atoms with Crippen LogP contribution in [0.2, 0.25) is 15.5 Å². The number of fused-ring (bicyclic) bond motifs is 3. The Bertz CT molecular complexity index is 1520. The van der Waals surface area contributed by atoms with E-state index in [-0.39, 0.29) is 8.85 Å². The second-order valence-corrected chi connectivity index (χ2v) is 7.62. The van der Waals surface area contributed by atoms with Crippen molar-refractivity contribution in [3.63, 3.8) is 0 Å². The molecular weight excluding hydrogens is 624 g/mol. The SMILES string of the molecule is C.CI.Clc1nccc2[nH]cnc12.Cn1cnc2c(Cl)nccc21.Cn1cnc2ccnc(Cl)c21.[2HH]. The summed E-state index contributed by atoms with van der Waals surface area (Å²) in [5.74, 6) is 0. The van der Waals surface area contributed by atoms with E-state index in [1.165, 1.54) is 0 Å². The van der Waals surface area contributed by atoms with Crippen LogP contribution in [0, 0.1) is 0 Å². The van der Waals surface area contributed by atoms with E-state index in [4.69, 9.17) is 34.8 Å². The Kier molecular flexibility index (Phi) is 11.1.